The van der Waals surface area contributed by atoms with Gasteiger partial charge in [0.15, 0.2) is 0 Å². The molecule has 11 heavy (non-hydrogen) atoms. The Balaban J connectivity index is 2.39. The van der Waals surface area contributed by atoms with E-state index in [1.165, 1.54) is 0 Å². The topological polar surface area (TPSA) is 29.5 Å². The van der Waals surface area contributed by atoms with E-state index in [9.17, 15) is 0 Å². The first-order valence-electron chi connectivity index (χ1n) is 3.65. The molecule has 0 aliphatic carbocycles. The summed E-state index contributed by atoms with van der Waals surface area (Å²) in [5, 5.41) is 8.95. The summed E-state index contributed by atoms with van der Waals surface area (Å²) >= 11 is 0. The van der Waals surface area contributed by atoms with Crippen LogP contribution >= 0.6 is 0 Å². The number of ether oxygens (including phenoxy) is 1. The van der Waals surface area contributed by atoms with Gasteiger partial charge in [-0.25, -0.2) is 0 Å². The molecule has 0 saturated carbocycles. The molecular formula is C8H12O2Si. The average molecular weight is 168 g/mol. The highest BCUT2D eigenvalue weighted by atomic mass is 28.1. The number of hydrogen-bond acceptors (Lipinski definition) is 2. The second-order valence-electron chi connectivity index (χ2n) is 2.47. The summed E-state index contributed by atoms with van der Waals surface area (Å²) in [4.78, 5) is 0. The van der Waals surface area contributed by atoms with Crippen molar-refractivity contribution in [3.05, 3.63) is 30.3 Å². The summed E-state index contributed by atoms with van der Waals surface area (Å²) < 4.78 is 5.25. The Morgan fingerprint density at radius 3 is 2.55 bits per heavy atom. The van der Waals surface area contributed by atoms with Crippen LogP contribution in [-0.4, -0.2) is 27.7 Å². The Hall–Kier alpha value is -0.803. The second kappa shape index (κ2) is 4.15. The minimum absolute atomic E-state index is 0.268. The molecule has 1 rings (SSSR count). The molecule has 0 spiro atoms. The van der Waals surface area contributed by atoms with E-state index in [1.54, 1.807) is 0 Å². The van der Waals surface area contributed by atoms with E-state index in [0.717, 1.165) is 16.0 Å². The standard InChI is InChI=1S/C8H12O2Si/c9-8(11)6-10-7-4-2-1-3-5-7/h1-5,8-9H,6H2,11H3. The van der Waals surface area contributed by atoms with E-state index in [-0.39, 0.29) is 5.73 Å². The molecule has 0 aromatic heterocycles. The Kier molecular flexibility index (Phi) is 3.13. The number of aliphatic hydroxyl groups excluding tert-OH is 1. The SMILES string of the molecule is OC([SiH3])COc1ccccc1. The fourth-order valence-electron chi connectivity index (χ4n) is 0.734. The smallest absolute Gasteiger partial charge is 0.119 e. The largest absolute Gasteiger partial charge is 0.491 e. The summed E-state index contributed by atoms with van der Waals surface area (Å²) in [6, 6.07) is 9.52. The van der Waals surface area contributed by atoms with Crippen LogP contribution in [0.4, 0.5) is 0 Å². The number of rotatable bonds is 3. The zero-order valence-corrected chi connectivity index (χ0v) is 8.53. The molecule has 1 aromatic rings. The van der Waals surface area contributed by atoms with Gasteiger partial charge < -0.3 is 9.84 Å². The van der Waals surface area contributed by atoms with Gasteiger partial charge in [-0.2, -0.15) is 0 Å². The van der Waals surface area contributed by atoms with Gasteiger partial charge in [-0.3, -0.25) is 0 Å². The molecule has 0 bridgehead atoms. The lowest BCUT2D eigenvalue weighted by atomic mass is 10.3. The molecule has 0 aliphatic rings. The summed E-state index contributed by atoms with van der Waals surface area (Å²) in [6.07, 6.45) is 0. The maximum Gasteiger partial charge on any atom is 0.119 e. The lowest BCUT2D eigenvalue weighted by molar-refractivity contribution is 0.169. The average Bonchev–Trinajstić information content (AvgIpc) is 2.03. The summed E-state index contributed by atoms with van der Waals surface area (Å²) in [5.74, 6) is 0.822. The first-order chi connectivity index (χ1) is 5.29. The van der Waals surface area contributed by atoms with Crippen molar-refractivity contribution in [1.29, 1.82) is 0 Å². The maximum absolute atomic E-state index is 8.95. The van der Waals surface area contributed by atoms with Gasteiger partial charge in [-0.05, 0) is 12.1 Å². The van der Waals surface area contributed by atoms with E-state index in [1.807, 2.05) is 30.3 Å². The van der Waals surface area contributed by atoms with Crippen molar-refractivity contribution < 1.29 is 9.84 Å². The maximum atomic E-state index is 8.95. The van der Waals surface area contributed by atoms with Crippen molar-refractivity contribution in [2.45, 2.75) is 5.73 Å². The minimum Gasteiger partial charge on any atom is -0.491 e. The van der Waals surface area contributed by atoms with Crippen molar-refractivity contribution in [3.8, 4) is 5.75 Å². The first kappa shape index (κ1) is 8.29. The van der Waals surface area contributed by atoms with Crippen LogP contribution in [0.1, 0.15) is 0 Å². The highest BCUT2D eigenvalue weighted by Crippen LogP contribution is 2.07. The van der Waals surface area contributed by atoms with Crippen LogP contribution in [0.25, 0.3) is 0 Å². The van der Waals surface area contributed by atoms with Crippen LogP contribution in [0.2, 0.25) is 0 Å². The normalized spacial score (nSPS) is 12.8. The van der Waals surface area contributed by atoms with Crippen molar-refractivity contribution in [1.82, 2.24) is 0 Å². The lowest BCUT2D eigenvalue weighted by Crippen LogP contribution is -2.16. The van der Waals surface area contributed by atoms with Gasteiger partial charge >= 0.3 is 0 Å². The van der Waals surface area contributed by atoms with E-state index < -0.39 is 0 Å². The molecule has 0 heterocycles. The highest BCUT2D eigenvalue weighted by Gasteiger charge is 1.95. The van der Waals surface area contributed by atoms with Gasteiger partial charge in [0.05, 0.1) is 5.73 Å². The summed E-state index contributed by atoms with van der Waals surface area (Å²) in [7, 11) is 0.760. The lowest BCUT2D eigenvalue weighted by Gasteiger charge is -2.06. The number of aliphatic hydroxyl groups is 1. The molecular weight excluding hydrogens is 156 g/mol. The third kappa shape index (κ3) is 3.20. The zero-order chi connectivity index (χ0) is 8.10. The summed E-state index contributed by atoms with van der Waals surface area (Å²) in [5.41, 5.74) is -0.268. The Morgan fingerprint density at radius 2 is 2.00 bits per heavy atom. The van der Waals surface area contributed by atoms with Crippen LogP contribution in [0, 0.1) is 0 Å². The zero-order valence-electron chi connectivity index (χ0n) is 6.53. The van der Waals surface area contributed by atoms with Crippen LogP contribution in [-0.2, 0) is 0 Å². The predicted octanol–water partition coefficient (Wildman–Crippen LogP) is -0.251. The van der Waals surface area contributed by atoms with Crippen molar-refractivity contribution >= 4 is 10.2 Å². The minimum atomic E-state index is -0.268. The molecule has 1 atom stereocenters. The van der Waals surface area contributed by atoms with Gasteiger partial charge in [0.25, 0.3) is 0 Å². The molecule has 0 aliphatic heterocycles. The molecule has 0 amide bonds. The summed E-state index contributed by atoms with van der Waals surface area (Å²) in [6.45, 7) is 0.413. The van der Waals surface area contributed by atoms with E-state index in [2.05, 4.69) is 0 Å². The van der Waals surface area contributed by atoms with E-state index >= 15 is 0 Å². The van der Waals surface area contributed by atoms with Gasteiger partial charge in [-0.1, -0.05) is 18.2 Å². The highest BCUT2D eigenvalue weighted by molar-refractivity contribution is 6.10. The number of benzene rings is 1. The third-order valence-corrected chi connectivity index (χ3v) is 1.57. The molecule has 1 N–H and O–H groups in total. The predicted molar refractivity (Wildman–Crippen MR) is 47.9 cm³/mol. The molecule has 3 heteroatoms. The van der Waals surface area contributed by atoms with Crippen LogP contribution in [0.5, 0.6) is 5.75 Å². The quantitative estimate of drug-likeness (QED) is 0.631. The van der Waals surface area contributed by atoms with E-state index in [4.69, 9.17) is 9.84 Å². The molecule has 0 fully saturated rings. The molecule has 1 unspecified atom stereocenters. The van der Waals surface area contributed by atoms with E-state index in [0.29, 0.717) is 6.61 Å². The van der Waals surface area contributed by atoms with Crippen LogP contribution < -0.4 is 4.74 Å². The fraction of sp³-hybridized carbons (Fsp3) is 0.250. The number of para-hydroxylation sites is 1. The molecule has 0 saturated heterocycles. The number of hydrogen-bond donors (Lipinski definition) is 1. The van der Waals surface area contributed by atoms with Gasteiger partial charge in [0.2, 0.25) is 0 Å². The van der Waals surface area contributed by atoms with Crippen molar-refractivity contribution in [2.75, 3.05) is 6.61 Å². The Labute approximate surface area is 69.2 Å². The molecule has 2 nitrogen and oxygen atoms in total. The van der Waals surface area contributed by atoms with Crippen molar-refractivity contribution in [3.63, 3.8) is 0 Å². The Bertz CT molecular complexity index is 199. The molecule has 1 aromatic carbocycles. The fourth-order valence-corrected chi connectivity index (χ4v) is 0.900. The molecule has 0 radical (unpaired) electrons. The van der Waals surface area contributed by atoms with Gasteiger partial charge in [0.1, 0.15) is 12.4 Å². The third-order valence-electron chi connectivity index (χ3n) is 1.23. The van der Waals surface area contributed by atoms with Gasteiger partial charge in [0, 0.05) is 10.2 Å². The first-order valence-corrected chi connectivity index (χ1v) is 4.80. The Morgan fingerprint density at radius 1 is 1.36 bits per heavy atom. The van der Waals surface area contributed by atoms with Crippen molar-refractivity contribution in [2.24, 2.45) is 0 Å². The molecule has 60 valence electrons. The van der Waals surface area contributed by atoms with Gasteiger partial charge in [-0.15, -0.1) is 0 Å². The second-order valence-corrected chi connectivity index (χ2v) is 3.81. The monoisotopic (exact) mass is 168 g/mol. The van der Waals surface area contributed by atoms with Crippen LogP contribution in [0.15, 0.2) is 30.3 Å². The van der Waals surface area contributed by atoms with Crippen LogP contribution in [0.3, 0.4) is 0 Å².